The maximum Gasteiger partial charge on any atom is 0.228 e. The molecule has 0 unspecified atom stereocenters. The Morgan fingerprint density at radius 3 is 2.48 bits per heavy atom. The maximum atomic E-state index is 12.4. The molecule has 25 heavy (non-hydrogen) atoms. The molecule has 3 N–H and O–H groups in total. The van der Waals surface area contributed by atoms with Crippen LogP contribution in [0.2, 0.25) is 0 Å². The summed E-state index contributed by atoms with van der Waals surface area (Å²) in [6, 6.07) is 17.0. The van der Waals surface area contributed by atoms with E-state index in [0.717, 1.165) is 10.8 Å². The molecule has 3 aromatic carbocycles. The molecule has 0 aliphatic carbocycles. The quantitative estimate of drug-likeness (QED) is 0.491. The summed E-state index contributed by atoms with van der Waals surface area (Å²) in [6.07, 6.45) is 0.00752. The minimum absolute atomic E-state index is 0.00752. The summed E-state index contributed by atoms with van der Waals surface area (Å²) in [5, 5.41) is 24.0. The third-order valence-corrected chi connectivity index (χ3v) is 4.11. The van der Waals surface area contributed by atoms with Crippen molar-refractivity contribution in [3.05, 3.63) is 66.2 Å². The van der Waals surface area contributed by atoms with E-state index in [1.807, 2.05) is 24.3 Å². The van der Waals surface area contributed by atoms with E-state index in [1.54, 1.807) is 18.2 Å². The zero-order valence-electron chi connectivity index (χ0n) is 13.2. The van der Waals surface area contributed by atoms with Gasteiger partial charge in [-0.15, -0.1) is 0 Å². The standard InChI is InChI=1S/C20H15NO4/c22-13-7-5-12(6-8-13)21-19(24)11-15-16(23)9-10-18-20(15)14-3-1-2-4-17(14)25-18/h1-10,22-23H,11H2,(H,21,24). The fourth-order valence-corrected chi connectivity index (χ4v) is 2.97. The number of para-hydroxylation sites is 1. The Morgan fingerprint density at radius 2 is 1.68 bits per heavy atom. The van der Waals surface area contributed by atoms with Crippen LogP contribution in [0.5, 0.6) is 11.5 Å². The molecule has 0 aliphatic heterocycles. The Morgan fingerprint density at radius 1 is 0.920 bits per heavy atom. The number of phenols is 2. The van der Waals surface area contributed by atoms with Gasteiger partial charge in [-0.2, -0.15) is 0 Å². The lowest BCUT2D eigenvalue weighted by Gasteiger charge is -2.08. The molecule has 5 nitrogen and oxygen atoms in total. The van der Waals surface area contributed by atoms with Gasteiger partial charge < -0.3 is 19.9 Å². The average molecular weight is 333 g/mol. The molecule has 0 spiro atoms. The zero-order valence-corrected chi connectivity index (χ0v) is 13.2. The molecule has 1 heterocycles. The van der Waals surface area contributed by atoms with Crippen molar-refractivity contribution in [2.24, 2.45) is 0 Å². The lowest BCUT2D eigenvalue weighted by Crippen LogP contribution is -2.14. The summed E-state index contributed by atoms with van der Waals surface area (Å²) in [4.78, 5) is 12.4. The molecule has 0 saturated carbocycles. The number of amides is 1. The lowest BCUT2D eigenvalue weighted by atomic mass is 10.0. The van der Waals surface area contributed by atoms with E-state index in [4.69, 9.17) is 4.42 Å². The fraction of sp³-hybridized carbons (Fsp3) is 0.0500. The topological polar surface area (TPSA) is 82.7 Å². The molecule has 0 aliphatic rings. The zero-order chi connectivity index (χ0) is 17.4. The normalized spacial score (nSPS) is 11.0. The minimum atomic E-state index is -0.265. The number of anilines is 1. The SMILES string of the molecule is O=C(Cc1c(O)ccc2oc3ccccc3c12)Nc1ccc(O)cc1. The number of phenolic OH excluding ortho intramolecular Hbond substituents is 2. The van der Waals surface area contributed by atoms with Crippen molar-refractivity contribution >= 4 is 33.5 Å². The summed E-state index contributed by atoms with van der Waals surface area (Å²) in [7, 11) is 0. The van der Waals surface area contributed by atoms with Crippen LogP contribution in [-0.2, 0) is 11.2 Å². The monoisotopic (exact) mass is 333 g/mol. The fourth-order valence-electron chi connectivity index (χ4n) is 2.97. The van der Waals surface area contributed by atoms with Crippen LogP contribution in [0.25, 0.3) is 21.9 Å². The van der Waals surface area contributed by atoms with Gasteiger partial charge in [-0.3, -0.25) is 4.79 Å². The van der Waals surface area contributed by atoms with Gasteiger partial charge in [0.1, 0.15) is 22.7 Å². The maximum absolute atomic E-state index is 12.4. The van der Waals surface area contributed by atoms with E-state index in [2.05, 4.69) is 5.32 Å². The molecule has 0 fully saturated rings. The van der Waals surface area contributed by atoms with E-state index in [0.29, 0.717) is 22.4 Å². The first-order valence-electron chi connectivity index (χ1n) is 7.83. The summed E-state index contributed by atoms with van der Waals surface area (Å²) in [5.41, 5.74) is 2.44. The molecule has 0 radical (unpaired) electrons. The Labute approximate surface area is 143 Å². The Hall–Kier alpha value is -3.47. The highest BCUT2D eigenvalue weighted by Gasteiger charge is 2.17. The van der Waals surface area contributed by atoms with Crippen LogP contribution >= 0.6 is 0 Å². The predicted octanol–water partition coefficient (Wildman–Crippen LogP) is 4.18. The van der Waals surface area contributed by atoms with Crippen LogP contribution in [0, 0.1) is 0 Å². The number of fused-ring (bicyclic) bond motifs is 3. The van der Waals surface area contributed by atoms with Crippen molar-refractivity contribution in [2.45, 2.75) is 6.42 Å². The summed E-state index contributed by atoms with van der Waals surface area (Å²) in [5.74, 6) is -0.0797. The van der Waals surface area contributed by atoms with Crippen molar-refractivity contribution in [2.75, 3.05) is 5.32 Å². The van der Waals surface area contributed by atoms with Crippen molar-refractivity contribution < 1.29 is 19.4 Å². The molecule has 124 valence electrons. The molecule has 0 atom stereocenters. The van der Waals surface area contributed by atoms with Gasteiger partial charge in [0.2, 0.25) is 5.91 Å². The van der Waals surface area contributed by atoms with E-state index in [1.165, 1.54) is 18.2 Å². The number of hydrogen-bond acceptors (Lipinski definition) is 4. The first-order chi connectivity index (χ1) is 12.1. The van der Waals surface area contributed by atoms with Crippen LogP contribution in [0.1, 0.15) is 5.56 Å². The molecule has 0 saturated heterocycles. The second-order valence-corrected chi connectivity index (χ2v) is 5.81. The molecule has 0 bridgehead atoms. The molecule has 1 aromatic heterocycles. The third-order valence-electron chi connectivity index (χ3n) is 4.11. The molecular weight excluding hydrogens is 318 g/mol. The first-order valence-corrected chi connectivity index (χ1v) is 7.83. The van der Waals surface area contributed by atoms with Gasteiger partial charge in [0.15, 0.2) is 0 Å². The van der Waals surface area contributed by atoms with E-state index in [-0.39, 0.29) is 23.8 Å². The van der Waals surface area contributed by atoms with Crippen LogP contribution in [0.4, 0.5) is 5.69 Å². The Balaban J connectivity index is 1.71. The summed E-state index contributed by atoms with van der Waals surface area (Å²) < 4.78 is 5.79. The molecule has 4 aromatic rings. The van der Waals surface area contributed by atoms with Crippen LogP contribution in [0.15, 0.2) is 65.1 Å². The van der Waals surface area contributed by atoms with E-state index in [9.17, 15) is 15.0 Å². The van der Waals surface area contributed by atoms with Gasteiger partial charge >= 0.3 is 0 Å². The number of aromatic hydroxyl groups is 2. The predicted molar refractivity (Wildman–Crippen MR) is 95.8 cm³/mol. The van der Waals surface area contributed by atoms with Crippen molar-refractivity contribution in [1.29, 1.82) is 0 Å². The lowest BCUT2D eigenvalue weighted by molar-refractivity contribution is -0.115. The number of carbonyl (C=O) groups is 1. The average Bonchev–Trinajstić information content (AvgIpc) is 2.98. The van der Waals surface area contributed by atoms with Crippen LogP contribution < -0.4 is 5.32 Å². The Bertz CT molecular complexity index is 1080. The summed E-state index contributed by atoms with van der Waals surface area (Å²) in [6.45, 7) is 0. The summed E-state index contributed by atoms with van der Waals surface area (Å²) >= 11 is 0. The largest absolute Gasteiger partial charge is 0.508 e. The van der Waals surface area contributed by atoms with Crippen molar-refractivity contribution in [3.63, 3.8) is 0 Å². The van der Waals surface area contributed by atoms with Gasteiger partial charge in [-0.25, -0.2) is 0 Å². The van der Waals surface area contributed by atoms with E-state index < -0.39 is 0 Å². The van der Waals surface area contributed by atoms with Crippen molar-refractivity contribution in [3.8, 4) is 11.5 Å². The smallest absolute Gasteiger partial charge is 0.228 e. The Kier molecular flexibility index (Phi) is 3.54. The number of benzene rings is 3. The number of furan rings is 1. The first kappa shape index (κ1) is 15.1. The van der Waals surface area contributed by atoms with Gasteiger partial charge in [-0.1, -0.05) is 18.2 Å². The number of hydrogen-bond donors (Lipinski definition) is 3. The van der Waals surface area contributed by atoms with Crippen LogP contribution in [0.3, 0.4) is 0 Å². The van der Waals surface area contributed by atoms with Gasteiger partial charge in [0.05, 0.1) is 6.42 Å². The van der Waals surface area contributed by atoms with Crippen molar-refractivity contribution in [1.82, 2.24) is 0 Å². The second-order valence-electron chi connectivity index (χ2n) is 5.81. The molecular formula is C20H15NO4. The number of rotatable bonds is 3. The van der Waals surface area contributed by atoms with Crippen LogP contribution in [-0.4, -0.2) is 16.1 Å². The molecule has 5 heteroatoms. The second kappa shape index (κ2) is 5.87. The highest BCUT2D eigenvalue weighted by atomic mass is 16.3. The minimum Gasteiger partial charge on any atom is -0.508 e. The number of nitrogens with one attached hydrogen (secondary N) is 1. The van der Waals surface area contributed by atoms with Gasteiger partial charge in [0, 0.05) is 22.0 Å². The van der Waals surface area contributed by atoms with Gasteiger partial charge in [-0.05, 0) is 42.5 Å². The highest BCUT2D eigenvalue weighted by Crippen LogP contribution is 2.35. The van der Waals surface area contributed by atoms with Gasteiger partial charge in [0.25, 0.3) is 0 Å². The number of carbonyl (C=O) groups excluding carboxylic acids is 1. The third kappa shape index (κ3) is 2.76. The molecule has 4 rings (SSSR count). The van der Waals surface area contributed by atoms with E-state index >= 15 is 0 Å². The highest BCUT2D eigenvalue weighted by molar-refractivity contribution is 6.09. The molecule has 1 amide bonds.